The fourth-order valence-corrected chi connectivity index (χ4v) is 1.95. The van der Waals surface area contributed by atoms with Gasteiger partial charge in [-0.1, -0.05) is 17.3 Å². The molecule has 0 amide bonds. The predicted octanol–water partition coefficient (Wildman–Crippen LogP) is 1.63. The maximum absolute atomic E-state index is 11.2. The number of nitrogens with zero attached hydrogens (tertiary/aromatic N) is 2. The van der Waals surface area contributed by atoms with E-state index in [9.17, 15) is 4.79 Å². The summed E-state index contributed by atoms with van der Waals surface area (Å²) in [6.45, 7) is 3.66. The molecule has 0 spiro atoms. The standard InChI is InChI=1S/C13H20N2O4/c1-11-14-19-13(16)15(11)8-4-2-5-9-17-12-7-3-6-10-18-12/h2,4,12H,3,5-10H2,1H3/b4-2-. The zero-order valence-corrected chi connectivity index (χ0v) is 11.2. The fourth-order valence-electron chi connectivity index (χ4n) is 1.95. The Labute approximate surface area is 112 Å². The molecule has 1 fully saturated rings. The summed E-state index contributed by atoms with van der Waals surface area (Å²) >= 11 is 0. The SMILES string of the molecule is Cc1noc(=O)n1C/C=C\CCOC1CCCCO1. The summed E-state index contributed by atoms with van der Waals surface area (Å²) in [5, 5.41) is 3.59. The third-order valence-electron chi connectivity index (χ3n) is 3.05. The summed E-state index contributed by atoms with van der Waals surface area (Å²) in [6.07, 6.45) is 7.96. The van der Waals surface area contributed by atoms with Crippen LogP contribution in [0.3, 0.4) is 0 Å². The molecule has 0 aliphatic carbocycles. The molecular formula is C13H20N2O4. The van der Waals surface area contributed by atoms with E-state index in [4.69, 9.17) is 9.47 Å². The first-order chi connectivity index (χ1) is 9.27. The van der Waals surface area contributed by atoms with Crippen molar-refractivity contribution in [2.75, 3.05) is 13.2 Å². The predicted molar refractivity (Wildman–Crippen MR) is 68.8 cm³/mol. The molecule has 6 heteroatoms. The number of aryl methyl sites for hydroxylation is 1. The molecule has 0 N–H and O–H groups in total. The highest BCUT2D eigenvalue weighted by atomic mass is 16.7. The molecule has 19 heavy (non-hydrogen) atoms. The monoisotopic (exact) mass is 268 g/mol. The van der Waals surface area contributed by atoms with Gasteiger partial charge in [-0.15, -0.1) is 0 Å². The highest BCUT2D eigenvalue weighted by Gasteiger charge is 2.12. The number of aromatic nitrogens is 2. The second-order valence-corrected chi connectivity index (χ2v) is 4.53. The maximum atomic E-state index is 11.2. The van der Waals surface area contributed by atoms with E-state index < -0.39 is 5.76 Å². The Morgan fingerprint density at radius 2 is 2.37 bits per heavy atom. The normalized spacial score (nSPS) is 20.2. The summed E-state index contributed by atoms with van der Waals surface area (Å²) in [4.78, 5) is 11.2. The van der Waals surface area contributed by atoms with Gasteiger partial charge in [0.1, 0.15) is 0 Å². The Kier molecular flexibility index (Phi) is 5.35. The lowest BCUT2D eigenvalue weighted by Gasteiger charge is -2.22. The van der Waals surface area contributed by atoms with E-state index in [0.717, 1.165) is 25.9 Å². The van der Waals surface area contributed by atoms with Gasteiger partial charge in [-0.05, 0) is 32.6 Å². The van der Waals surface area contributed by atoms with Gasteiger partial charge in [0.25, 0.3) is 0 Å². The minimum Gasteiger partial charge on any atom is -0.353 e. The van der Waals surface area contributed by atoms with Crippen molar-refractivity contribution in [3.05, 3.63) is 28.5 Å². The smallest absolute Gasteiger partial charge is 0.353 e. The molecule has 2 heterocycles. The first kappa shape index (κ1) is 14.0. The molecule has 6 nitrogen and oxygen atoms in total. The molecule has 0 radical (unpaired) electrons. The molecule has 1 unspecified atom stereocenters. The summed E-state index contributed by atoms with van der Waals surface area (Å²) in [5.74, 6) is 0.163. The van der Waals surface area contributed by atoms with E-state index in [-0.39, 0.29) is 6.29 Å². The second kappa shape index (κ2) is 7.25. The van der Waals surface area contributed by atoms with Gasteiger partial charge in [-0.2, -0.15) is 0 Å². The third kappa shape index (κ3) is 4.33. The van der Waals surface area contributed by atoms with Crippen molar-refractivity contribution in [3.63, 3.8) is 0 Å². The molecule has 0 bridgehead atoms. The van der Waals surface area contributed by atoms with Crippen LogP contribution in [-0.2, 0) is 16.0 Å². The maximum Gasteiger partial charge on any atom is 0.441 e. The van der Waals surface area contributed by atoms with Crippen molar-refractivity contribution in [1.82, 2.24) is 9.72 Å². The highest BCUT2D eigenvalue weighted by Crippen LogP contribution is 2.13. The molecule has 1 aromatic heterocycles. The Morgan fingerprint density at radius 1 is 1.47 bits per heavy atom. The second-order valence-electron chi connectivity index (χ2n) is 4.53. The first-order valence-corrected chi connectivity index (χ1v) is 6.68. The molecule has 1 atom stereocenters. The molecular weight excluding hydrogens is 248 g/mol. The van der Waals surface area contributed by atoms with Gasteiger partial charge >= 0.3 is 5.76 Å². The van der Waals surface area contributed by atoms with Crippen LogP contribution in [0.1, 0.15) is 31.5 Å². The minimum absolute atomic E-state index is 0.0370. The third-order valence-corrected chi connectivity index (χ3v) is 3.05. The minimum atomic E-state index is -0.422. The van der Waals surface area contributed by atoms with Gasteiger partial charge in [0.05, 0.1) is 6.61 Å². The molecule has 0 aromatic carbocycles. The van der Waals surface area contributed by atoms with Crippen molar-refractivity contribution in [3.8, 4) is 0 Å². The van der Waals surface area contributed by atoms with Crippen LogP contribution >= 0.6 is 0 Å². The molecule has 106 valence electrons. The zero-order chi connectivity index (χ0) is 13.5. The number of hydrogen-bond acceptors (Lipinski definition) is 5. The van der Waals surface area contributed by atoms with Crippen molar-refractivity contribution in [2.45, 2.75) is 45.4 Å². The summed E-state index contributed by atoms with van der Waals surface area (Å²) in [7, 11) is 0. The Morgan fingerprint density at radius 3 is 3.05 bits per heavy atom. The summed E-state index contributed by atoms with van der Waals surface area (Å²) < 4.78 is 17.1. The van der Waals surface area contributed by atoms with Gasteiger partial charge < -0.3 is 9.47 Å². The van der Waals surface area contributed by atoms with E-state index in [2.05, 4.69) is 9.68 Å². The lowest BCUT2D eigenvalue weighted by Crippen LogP contribution is -2.22. The Hall–Kier alpha value is -1.40. The lowest BCUT2D eigenvalue weighted by molar-refractivity contribution is -0.161. The van der Waals surface area contributed by atoms with Crippen LogP contribution < -0.4 is 5.76 Å². The summed E-state index contributed by atoms with van der Waals surface area (Å²) in [5.41, 5.74) is 0. The van der Waals surface area contributed by atoms with E-state index >= 15 is 0 Å². The van der Waals surface area contributed by atoms with Crippen LogP contribution in [0.2, 0.25) is 0 Å². The van der Waals surface area contributed by atoms with Crippen LogP contribution in [-0.4, -0.2) is 29.2 Å². The van der Waals surface area contributed by atoms with Gasteiger partial charge in [-0.3, -0.25) is 9.09 Å². The van der Waals surface area contributed by atoms with E-state index in [1.807, 2.05) is 12.2 Å². The van der Waals surface area contributed by atoms with Gasteiger partial charge in [0.2, 0.25) is 0 Å². The van der Waals surface area contributed by atoms with Crippen molar-refractivity contribution in [2.24, 2.45) is 0 Å². The van der Waals surface area contributed by atoms with Gasteiger partial charge in [0, 0.05) is 13.2 Å². The average molecular weight is 268 g/mol. The molecule has 1 aliphatic rings. The van der Waals surface area contributed by atoms with Gasteiger partial charge in [0.15, 0.2) is 12.1 Å². The van der Waals surface area contributed by atoms with E-state index in [1.165, 1.54) is 11.0 Å². The average Bonchev–Trinajstić information content (AvgIpc) is 2.75. The Balaban J connectivity index is 1.63. The van der Waals surface area contributed by atoms with Crippen LogP contribution in [0.15, 0.2) is 21.5 Å². The number of rotatable bonds is 6. The molecule has 1 saturated heterocycles. The quantitative estimate of drug-likeness (QED) is 0.579. The van der Waals surface area contributed by atoms with Crippen molar-refractivity contribution >= 4 is 0 Å². The molecule has 1 aliphatic heterocycles. The zero-order valence-electron chi connectivity index (χ0n) is 11.2. The first-order valence-electron chi connectivity index (χ1n) is 6.68. The van der Waals surface area contributed by atoms with Crippen molar-refractivity contribution in [1.29, 1.82) is 0 Å². The van der Waals surface area contributed by atoms with Gasteiger partial charge in [-0.25, -0.2) is 4.79 Å². The van der Waals surface area contributed by atoms with Crippen LogP contribution in [0, 0.1) is 6.92 Å². The number of hydrogen-bond donors (Lipinski definition) is 0. The largest absolute Gasteiger partial charge is 0.441 e. The van der Waals surface area contributed by atoms with Crippen LogP contribution in [0.5, 0.6) is 0 Å². The Bertz CT molecular complexity index is 457. The highest BCUT2D eigenvalue weighted by molar-refractivity contribution is 4.87. The van der Waals surface area contributed by atoms with Crippen LogP contribution in [0.4, 0.5) is 0 Å². The van der Waals surface area contributed by atoms with E-state index in [0.29, 0.717) is 19.0 Å². The molecule has 2 rings (SSSR count). The molecule has 1 aromatic rings. The number of ether oxygens (including phenoxy) is 2. The fraction of sp³-hybridized carbons (Fsp3) is 0.692. The van der Waals surface area contributed by atoms with Crippen LogP contribution in [0.25, 0.3) is 0 Å². The van der Waals surface area contributed by atoms with Crippen molar-refractivity contribution < 1.29 is 14.0 Å². The lowest BCUT2D eigenvalue weighted by atomic mass is 10.2. The summed E-state index contributed by atoms with van der Waals surface area (Å²) in [6, 6.07) is 0. The number of allylic oxidation sites excluding steroid dienone is 1. The topological polar surface area (TPSA) is 66.5 Å². The van der Waals surface area contributed by atoms with E-state index in [1.54, 1.807) is 6.92 Å². The molecule has 0 saturated carbocycles.